The SMILES string of the molecule is CC(C)Sc1cccc(C(=O)Nc2nc(-c3ccc(Oc4ccccc4)cc3)cs2)c1. The van der Waals surface area contributed by atoms with E-state index in [1.54, 1.807) is 11.8 Å². The van der Waals surface area contributed by atoms with Crippen molar-refractivity contribution >= 4 is 34.1 Å². The van der Waals surface area contributed by atoms with E-state index in [1.807, 2.05) is 84.2 Å². The predicted octanol–water partition coefficient (Wildman–Crippen LogP) is 7.36. The van der Waals surface area contributed by atoms with Crippen molar-refractivity contribution in [2.45, 2.75) is 24.0 Å². The molecule has 0 fully saturated rings. The molecule has 0 spiro atoms. The maximum Gasteiger partial charge on any atom is 0.257 e. The van der Waals surface area contributed by atoms with E-state index in [1.165, 1.54) is 11.3 Å². The molecule has 3 aromatic carbocycles. The summed E-state index contributed by atoms with van der Waals surface area (Å²) in [6.45, 7) is 4.27. The highest BCUT2D eigenvalue weighted by molar-refractivity contribution is 7.99. The van der Waals surface area contributed by atoms with Gasteiger partial charge >= 0.3 is 0 Å². The lowest BCUT2D eigenvalue weighted by molar-refractivity contribution is 0.102. The summed E-state index contributed by atoms with van der Waals surface area (Å²) in [4.78, 5) is 18.3. The molecule has 0 saturated carbocycles. The Morgan fingerprint density at radius 2 is 1.71 bits per heavy atom. The number of carbonyl (C=O) groups excluding carboxylic acids is 1. The third kappa shape index (κ3) is 5.75. The predicted molar refractivity (Wildman–Crippen MR) is 129 cm³/mol. The molecule has 6 heteroatoms. The number of para-hydroxylation sites is 1. The van der Waals surface area contributed by atoms with Crippen LogP contribution < -0.4 is 10.1 Å². The lowest BCUT2D eigenvalue weighted by Crippen LogP contribution is -2.11. The van der Waals surface area contributed by atoms with Gasteiger partial charge in [-0.2, -0.15) is 0 Å². The molecule has 0 bridgehead atoms. The molecule has 0 radical (unpaired) electrons. The van der Waals surface area contributed by atoms with E-state index in [9.17, 15) is 4.79 Å². The average Bonchev–Trinajstić information content (AvgIpc) is 3.23. The van der Waals surface area contributed by atoms with E-state index in [4.69, 9.17) is 4.74 Å². The molecule has 4 nitrogen and oxygen atoms in total. The minimum atomic E-state index is -0.154. The van der Waals surface area contributed by atoms with Crippen LogP contribution in [0.4, 0.5) is 5.13 Å². The molecule has 0 aliphatic rings. The third-order valence-electron chi connectivity index (χ3n) is 4.32. The van der Waals surface area contributed by atoms with Gasteiger partial charge in [0, 0.05) is 26.7 Å². The molecule has 0 atom stereocenters. The van der Waals surface area contributed by atoms with Gasteiger partial charge in [0.2, 0.25) is 0 Å². The molecule has 0 aliphatic carbocycles. The number of carbonyl (C=O) groups is 1. The quantitative estimate of drug-likeness (QED) is 0.301. The number of amides is 1. The fourth-order valence-electron chi connectivity index (χ4n) is 2.93. The molecule has 1 N–H and O–H groups in total. The number of benzene rings is 3. The molecule has 31 heavy (non-hydrogen) atoms. The highest BCUT2D eigenvalue weighted by Crippen LogP contribution is 2.29. The molecule has 1 aromatic heterocycles. The zero-order valence-corrected chi connectivity index (χ0v) is 18.9. The standard InChI is InChI=1S/C25H22N2O2S2/c1-17(2)31-22-10-6-7-19(15-22)24(28)27-25-26-23(16-30-25)18-11-13-21(14-12-18)29-20-8-4-3-5-9-20/h3-17H,1-2H3,(H,26,27,28). The van der Waals surface area contributed by atoms with E-state index in [2.05, 4.69) is 24.1 Å². The van der Waals surface area contributed by atoms with Gasteiger partial charge in [-0.05, 0) is 54.6 Å². The number of thiazole rings is 1. The third-order valence-corrected chi connectivity index (χ3v) is 6.08. The van der Waals surface area contributed by atoms with Crippen molar-refractivity contribution in [1.82, 2.24) is 4.98 Å². The Hall–Kier alpha value is -3.09. The van der Waals surface area contributed by atoms with Crippen LogP contribution in [0.5, 0.6) is 11.5 Å². The largest absolute Gasteiger partial charge is 0.457 e. The Kier molecular flexibility index (Phi) is 6.70. The van der Waals surface area contributed by atoms with Gasteiger partial charge in [0.1, 0.15) is 11.5 Å². The van der Waals surface area contributed by atoms with Crippen LogP contribution in [-0.4, -0.2) is 16.1 Å². The summed E-state index contributed by atoms with van der Waals surface area (Å²) in [6, 6.07) is 25.1. The Labute approximate surface area is 190 Å². The summed E-state index contributed by atoms with van der Waals surface area (Å²) in [7, 11) is 0. The minimum absolute atomic E-state index is 0.154. The van der Waals surface area contributed by atoms with Crippen molar-refractivity contribution in [2.24, 2.45) is 0 Å². The molecular formula is C25H22N2O2S2. The highest BCUT2D eigenvalue weighted by Gasteiger charge is 2.11. The summed E-state index contributed by atoms with van der Waals surface area (Å²) < 4.78 is 5.83. The first kappa shape index (κ1) is 21.2. The molecule has 1 amide bonds. The van der Waals surface area contributed by atoms with Gasteiger partial charge in [-0.1, -0.05) is 38.1 Å². The molecule has 4 rings (SSSR count). The summed E-state index contributed by atoms with van der Waals surface area (Å²) in [5, 5.41) is 5.88. The number of thioether (sulfide) groups is 1. The molecule has 4 aromatic rings. The molecule has 0 unspecified atom stereocenters. The number of nitrogens with zero attached hydrogens (tertiary/aromatic N) is 1. The topological polar surface area (TPSA) is 51.2 Å². The average molecular weight is 447 g/mol. The van der Waals surface area contributed by atoms with Crippen LogP contribution in [0, 0.1) is 0 Å². The van der Waals surface area contributed by atoms with Crippen molar-refractivity contribution < 1.29 is 9.53 Å². The maximum absolute atomic E-state index is 12.6. The molecule has 156 valence electrons. The fraction of sp³-hybridized carbons (Fsp3) is 0.120. The zero-order chi connectivity index (χ0) is 21.6. The van der Waals surface area contributed by atoms with Crippen LogP contribution in [-0.2, 0) is 0 Å². The van der Waals surface area contributed by atoms with Gasteiger partial charge in [-0.3, -0.25) is 10.1 Å². The Balaban J connectivity index is 1.42. The number of ether oxygens (including phenoxy) is 1. The first-order chi connectivity index (χ1) is 15.1. The van der Waals surface area contributed by atoms with Gasteiger partial charge in [-0.15, -0.1) is 23.1 Å². The molecule has 0 aliphatic heterocycles. The Morgan fingerprint density at radius 3 is 2.45 bits per heavy atom. The molecule has 1 heterocycles. The monoisotopic (exact) mass is 446 g/mol. The summed E-state index contributed by atoms with van der Waals surface area (Å²) in [6.07, 6.45) is 0. The first-order valence-corrected chi connectivity index (χ1v) is 11.7. The van der Waals surface area contributed by atoms with Gasteiger partial charge in [0.25, 0.3) is 5.91 Å². The van der Waals surface area contributed by atoms with E-state index in [-0.39, 0.29) is 5.91 Å². The number of nitrogens with one attached hydrogen (secondary N) is 1. The summed E-state index contributed by atoms with van der Waals surface area (Å²) in [5.41, 5.74) is 2.41. The normalized spacial score (nSPS) is 10.8. The molecular weight excluding hydrogens is 424 g/mol. The Morgan fingerprint density at radius 1 is 0.968 bits per heavy atom. The maximum atomic E-state index is 12.6. The second-order valence-corrected chi connectivity index (χ2v) is 9.63. The lowest BCUT2D eigenvalue weighted by atomic mass is 10.2. The lowest BCUT2D eigenvalue weighted by Gasteiger charge is -2.07. The van der Waals surface area contributed by atoms with E-state index >= 15 is 0 Å². The van der Waals surface area contributed by atoms with Crippen molar-refractivity contribution in [3.05, 3.63) is 89.8 Å². The second-order valence-electron chi connectivity index (χ2n) is 7.13. The summed E-state index contributed by atoms with van der Waals surface area (Å²) in [5.74, 6) is 1.40. The van der Waals surface area contributed by atoms with Crippen LogP contribution >= 0.6 is 23.1 Å². The van der Waals surface area contributed by atoms with Crippen LogP contribution in [0.15, 0.2) is 89.1 Å². The smallest absolute Gasteiger partial charge is 0.257 e. The molecule has 0 saturated heterocycles. The zero-order valence-electron chi connectivity index (χ0n) is 17.2. The van der Waals surface area contributed by atoms with Crippen LogP contribution in [0.2, 0.25) is 0 Å². The van der Waals surface area contributed by atoms with Crippen molar-refractivity contribution in [1.29, 1.82) is 0 Å². The van der Waals surface area contributed by atoms with Crippen LogP contribution in [0.25, 0.3) is 11.3 Å². The van der Waals surface area contributed by atoms with Crippen molar-refractivity contribution in [3.8, 4) is 22.8 Å². The van der Waals surface area contributed by atoms with Gasteiger partial charge in [-0.25, -0.2) is 4.98 Å². The second kappa shape index (κ2) is 9.81. The number of hydrogen-bond acceptors (Lipinski definition) is 5. The fourth-order valence-corrected chi connectivity index (χ4v) is 4.55. The van der Waals surface area contributed by atoms with Crippen LogP contribution in [0.1, 0.15) is 24.2 Å². The summed E-state index contributed by atoms with van der Waals surface area (Å²) >= 11 is 3.15. The number of aromatic nitrogens is 1. The van der Waals surface area contributed by atoms with Gasteiger partial charge in [0.05, 0.1) is 5.69 Å². The number of rotatable bonds is 7. The van der Waals surface area contributed by atoms with E-state index < -0.39 is 0 Å². The number of anilines is 1. The highest BCUT2D eigenvalue weighted by atomic mass is 32.2. The van der Waals surface area contributed by atoms with E-state index in [0.717, 1.165) is 27.7 Å². The van der Waals surface area contributed by atoms with Gasteiger partial charge < -0.3 is 4.74 Å². The van der Waals surface area contributed by atoms with Crippen molar-refractivity contribution in [2.75, 3.05) is 5.32 Å². The van der Waals surface area contributed by atoms with Gasteiger partial charge in [0.15, 0.2) is 5.13 Å². The number of hydrogen-bond donors (Lipinski definition) is 1. The Bertz CT molecular complexity index is 1160. The minimum Gasteiger partial charge on any atom is -0.457 e. The van der Waals surface area contributed by atoms with Crippen molar-refractivity contribution in [3.63, 3.8) is 0 Å². The van der Waals surface area contributed by atoms with E-state index in [0.29, 0.717) is 15.9 Å². The first-order valence-electron chi connectivity index (χ1n) is 9.94. The van der Waals surface area contributed by atoms with Crippen LogP contribution in [0.3, 0.4) is 0 Å².